The lowest BCUT2D eigenvalue weighted by atomic mass is 9.83. The summed E-state index contributed by atoms with van der Waals surface area (Å²) in [5, 5.41) is 0. The van der Waals surface area contributed by atoms with Crippen LogP contribution in [0.25, 0.3) is 0 Å². The third kappa shape index (κ3) is 2.07. The van der Waals surface area contributed by atoms with Crippen LogP contribution in [0.5, 0.6) is 0 Å². The molecule has 80 valence electrons. The van der Waals surface area contributed by atoms with E-state index >= 15 is 0 Å². The zero-order chi connectivity index (χ0) is 9.97. The molecular formula is C10H19N3O. The van der Waals surface area contributed by atoms with Crippen molar-refractivity contribution >= 4 is 5.91 Å². The Kier molecular flexibility index (Phi) is 3.03. The minimum Gasteiger partial charge on any atom is -0.301 e. The zero-order valence-corrected chi connectivity index (χ0v) is 8.75. The highest BCUT2D eigenvalue weighted by atomic mass is 16.2. The lowest BCUT2D eigenvalue weighted by molar-refractivity contribution is -0.131. The van der Waals surface area contributed by atoms with Gasteiger partial charge < -0.3 is 4.90 Å². The summed E-state index contributed by atoms with van der Waals surface area (Å²) < 4.78 is 0. The molecule has 2 fully saturated rings. The van der Waals surface area contributed by atoms with E-state index in [0.717, 1.165) is 19.0 Å². The summed E-state index contributed by atoms with van der Waals surface area (Å²) in [5.74, 6) is 1.27. The Morgan fingerprint density at radius 2 is 2.14 bits per heavy atom. The monoisotopic (exact) mass is 197 g/mol. The molecule has 1 saturated heterocycles. The molecule has 1 aliphatic carbocycles. The number of nitrogens with zero attached hydrogens (tertiary/aromatic N) is 1. The minimum atomic E-state index is 0.136. The fraction of sp³-hybridized carbons (Fsp3) is 0.900. The molecule has 14 heavy (non-hydrogen) atoms. The maximum atomic E-state index is 11.3. The van der Waals surface area contributed by atoms with Crippen LogP contribution in [0.3, 0.4) is 0 Å². The Labute approximate surface area is 85.0 Å². The lowest BCUT2D eigenvalue weighted by Gasteiger charge is -2.42. The number of rotatable bonds is 4. The SMILES string of the molecule is CNNC(=O)C1CN(CC2CCC2)C1. The number of nitrogens with one attached hydrogen (secondary N) is 2. The van der Waals surface area contributed by atoms with Gasteiger partial charge in [-0.2, -0.15) is 0 Å². The van der Waals surface area contributed by atoms with Crippen LogP contribution in [0.2, 0.25) is 0 Å². The van der Waals surface area contributed by atoms with Crippen LogP contribution in [0.4, 0.5) is 0 Å². The fourth-order valence-corrected chi connectivity index (χ4v) is 2.15. The van der Waals surface area contributed by atoms with E-state index in [4.69, 9.17) is 0 Å². The summed E-state index contributed by atoms with van der Waals surface area (Å²) in [7, 11) is 1.72. The average molecular weight is 197 g/mol. The third-order valence-corrected chi connectivity index (χ3v) is 3.32. The van der Waals surface area contributed by atoms with Gasteiger partial charge in [0.2, 0.25) is 5.91 Å². The van der Waals surface area contributed by atoms with Gasteiger partial charge in [-0.05, 0) is 18.8 Å². The van der Waals surface area contributed by atoms with Crippen molar-refractivity contribution in [2.75, 3.05) is 26.7 Å². The summed E-state index contributed by atoms with van der Waals surface area (Å²) in [4.78, 5) is 13.7. The Morgan fingerprint density at radius 1 is 1.43 bits per heavy atom. The molecule has 0 unspecified atom stereocenters. The van der Waals surface area contributed by atoms with E-state index in [1.54, 1.807) is 7.05 Å². The molecule has 0 radical (unpaired) electrons. The van der Waals surface area contributed by atoms with Gasteiger partial charge in [-0.3, -0.25) is 10.2 Å². The Balaban J connectivity index is 1.61. The van der Waals surface area contributed by atoms with E-state index < -0.39 is 0 Å². The molecule has 0 spiro atoms. The second kappa shape index (κ2) is 4.28. The standard InChI is InChI=1S/C10H19N3O/c1-11-12-10(14)9-6-13(7-9)5-8-3-2-4-8/h8-9,11H,2-7H2,1H3,(H,12,14). The van der Waals surface area contributed by atoms with Crippen LogP contribution in [0.1, 0.15) is 19.3 Å². The molecule has 1 saturated carbocycles. The summed E-state index contributed by atoms with van der Waals surface area (Å²) in [6, 6.07) is 0. The van der Waals surface area contributed by atoms with Crippen molar-refractivity contribution in [3.05, 3.63) is 0 Å². The van der Waals surface area contributed by atoms with Gasteiger partial charge >= 0.3 is 0 Å². The second-order valence-electron chi connectivity index (χ2n) is 4.45. The van der Waals surface area contributed by atoms with Gasteiger partial charge in [0, 0.05) is 26.7 Å². The maximum Gasteiger partial charge on any atom is 0.239 e. The molecule has 1 amide bonds. The van der Waals surface area contributed by atoms with Crippen LogP contribution < -0.4 is 10.9 Å². The quantitative estimate of drug-likeness (QED) is 0.622. The van der Waals surface area contributed by atoms with E-state index in [1.807, 2.05) is 0 Å². The number of hydrogen-bond donors (Lipinski definition) is 2. The van der Waals surface area contributed by atoms with Gasteiger partial charge in [-0.15, -0.1) is 0 Å². The van der Waals surface area contributed by atoms with Crippen LogP contribution in [-0.4, -0.2) is 37.5 Å². The molecule has 2 aliphatic rings. The van der Waals surface area contributed by atoms with Gasteiger partial charge in [0.15, 0.2) is 0 Å². The van der Waals surface area contributed by atoms with Crippen LogP contribution in [0, 0.1) is 11.8 Å². The maximum absolute atomic E-state index is 11.3. The van der Waals surface area contributed by atoms with Crippen molar-refractivity contribution in [1.29, 1.82) is 0 Å². The van der Waals surface area contributed by atoms with Gasteiger partial charge in [-0.1, -0.05) is 6.42 Å². The van der Waals surface area contributed by atoms with Crippen molar-refractivity contribution < 1.29 is 4.79 Å². The second-order valence-corrected chi connectivity index (χ2v) is 4.45. The van der Waals surface area contributed by atoms with Crippen LogP contribution in [-0.2, 0) is 4.79 Å². The summed E-state index contributed by atoms with van der Waals surface area (Å²) >= 11 is 0. The molecule has 0 aromatic heterocycles. The van der Waals surface area contributed by atoms with Gasteiger partial charge in [-0.25, -0.2) is 5.43 Å². The van der Waals surface area contributed by atoms with E-state index in [0.29, 0.717) is 0 Å². The summed E-state index contributed by atoms with van der Waals surface area (Å²) in [5.41, 5.74) is 5.31. The van der Waals surface area contributed by atoms with E-state index in [-0.39, 0.29) is 11.8 Å². The van der Waals surface area contributed by atoms with E-state index in [1.165, 1.54) is 25.8 Å². The van der Waals surface area contributed by atoms with Crippen molar-refractivity contribution in [3.8, 4) is 0 Å². The van der Waals surface area contributed by atoms with Crippen molar-refractivity contribution in [1.82, 2.24) is 15.8 Å². The molecule has 4 nitrogen and oxygen atoms in total. The molecule has 0 bridgehead atoms. The number of amides is 1. The Morgan fingerprint density at radius 3 is 2.64 bits per heavy atom. The molecule has 1 aliphatic heterocycles. The first kappa shape index (κ1) is 9.93. The normalized spacial score (nSPS) is 24.1. The first-order chi connectivity index (χ1) is 6.79. The molecule has 0 atom stereocenters. The van der Waals surface area contributed by atoms with E-state index in [2.05, 4.69) is 15.8 Å². The Hall–Kier alpha value is -0.610. The van der Waals surface area contributed by atoms with Gasteiger partial charge in [0.25, 0.3) is 0 Å². The predicted octanol–water partition coefficient (Wildman–Crippen LogP) is -0.0311. The minimum absolute atomic E-state index is 0.136. The highest BCUT2D eigenvalue weighted by Crippen LogP contribution is 2.29. The van der Waals surface area contributed by atoms with Crippen molar-refractivity contribution in [2.45, 2.75) is 19.3 Å². The number of carbonyl (C=O) groups is 1. The zero-order valence-electron chi connectivity index (χ0n) is 8.75. The first-order valence-corrected chi connectivity index (χ1v) is 5.48. The van der Waals surface area contributed by atoms with Gasteiger partial charge in [0.05, 0.1) is 5.92 Å². The van der Waals surface area contributed by atoms with Gasteiger partial charge in [0.1, 0.15) is 0 Å². The fourth-order valence-electron chi connectivity index (χ4n) is 2.15. The molecule has 2 rings (SSSR count). The Bertz CT molecular complexity index is 209. The highest BCUT2D eigenvalue weighted by Gasteiger charge is 2.34. The van der Waals surface area contributed by atoms with Crippen molar-refractivity contribution in [2.24, 2.45) is 11.8 Å². The molecular weight excluding hydrogens is 178 g/mol. The predicted molar refractivity (Wildman–Crippen MR) is 54.5 cm³/mol. The first-order valence-electron chi connectivity index (χ1n) is 5.48. The smallest absolute Gasteiger partial charge is 0.239 e. The molecule has 0 aromatic rings. The molecule has 1 heterocycles. The van der Waals surface area contributed by atoms with Crippen LogP contribution >= 0.6 is 0 Å². The molecule has 4 heteroatoms. The molecule has 0 aromatic carbocycles. The number of carbonyl (C=O) groups excluding carboxylic acids is 1. The topological polar surface area (TPSA) is 44.4 Å². The summed E-state index contributed by atoms with van der Waals surface area (Å²) in [6.45, 7) is 3.11. The average Bonchev–Trinajstić information content (AvgIpc) is 1.98. The number of hydrogen-bond acceptors (Lipinski definition) is 3. The molecule has 2 N–H and O–H groups in total. The number of likely N-dealkylation sites (tertiary alicyclic amines) is 1. The highest BCUT2D eigenvalue weighted by molar-refractivity contribution is 5.79. The largest absolute Gasteiger partial charge is 0.301 e. The number of hydrazine groups is 1. The van der Waals surface area contributed by atoms with E-state index in [9.17, 15) is 4.79 Å². The lowest BCUT2D eigenvalue weighted by Crippen LogP contribution is -2.56. The van der Waals surface area contributed by atoms with Crippen molar-refractivity contribution in [3.63, 3.8) is 0 Å². The summed E-state index contributed by atoms with van der Waals surface area (Å²) in [6.07, 6.45) is 4.19. The third-order valence-electron chi connectivity index (χ3n) is 3.32. The van der Waals surface area contributed by atoms with Crippen LogP contribution in [0.15, 0.2) is 0 Å².